The highest BCUT2D eigenvalue weighted by Gasteiger charge is 2.30. The number of rotatable bonds is 2. The van der Waals surface area contributed by atoms with E-state index in [1.54, 1.807) is 6.33 Å². The third-order valence-electron chi connectivity index (χ3n) is 5.00. The lowest BCUT2D eigenvalue weighted by molar-refractivity contribution is 0.182. The van der Waals surface area contributed by atoms with Crippen molar-refractivity contribution >= 4 is 21.3 Å². The fourth-order valence-electron chi connectivity index (χ4n) is 3.64. The Morgan fingerprint density at radius 3 is 2.52 bits per heavy atom. The van der Waals surface area contributed by atoms with Crippen molar-refractivity contribution in [2.75, 3.05) is 42.6 Å². The van der Waals surface area contributed by atoms with Crippen molar-refractivity contribution in [1.82, 2.24) is 19.5 Å². The van der Waals surface area contributed by atoms with Crippen LogP contribution in [0.4, 0.5) is 5.82 Å². The molecule has 0 radical (unpaired) electrons. The van der Waals surface area contributed by atoms with E-state index in [1.807, 2.05) is 16.5 Å². The van der Waals surface area contributed by atoms with Gasteiger partial charge in [0, 0.05) is 32.2 Å². The Morgan fingerprint density at radius 2 is 1.78 bits per heavy atom. The minimum atomic E-state index is -2.80. The summed E-state index contributed by atoms with van der Waals surface area (Å²) in [5.41, 5.74) is 0.867. The summed E-state index contributed by atoms with van der Waals surface area (Å²) in [5.74, 6) is 1.76. The minimum Gasteiger partial charge on any atom is -0.358 e. The van der Waals surface area contributed by atoms with E-state index in [2.05, 4.69) is 26.1 Å². The van der Waals surface area contributed by atoms with Gasteiger partial charge in [0.1, 0.15) is 12.1 Å². The summed E-state index contributed by atoms with van der Waals surface area (Å²) in [6.07, 6.45) is 3.89. The van der Waals surface area contributed by atoms with Crippen LogP contribution in [0.1, 0.15) is 12.8 Å². The molecule has 0 aromatic carbocycles. The zero-order valence-corrected chi connectivity index (χ0v) is 13.8. The van der Waals surface area contributed by atoms with Gasteiger partial charge in [0.25, 0.3) is 0 Å². The molecule has 2 fully saturated rings. The van der Waals surface area contributed by atoms with Gasteiger partial charge in [-0.05, 0) is 25.0 Å². The standard InChI is InChI=1S/C15H21N5O2S/c21-23(22)10-8-18(9-11-23)13-4-6-19(7-5-13)15-3-1-2-14-17-16-12-20(14)15/h1-3,12-13H,4-11H2. The molecule has 2 saturated heterocycles. The molecule has 4 heterocycles. The van der Waals surface area contributed by atoms with Crippen molar-refractivity contribution in [3.63, 3.8) is 0 Å². The molecule has 2 aromatic heterocycles. The molecule has 7 nitrogen and oxygen atoms in total. The average Bonchev–Trinajstić information content (AvgIpc) is 3.04. The van der Waals surface area contributed by atoms with Crippen molar-refractivity contribution in [3.8, 4) is 0 Å². The SMILES string of the molecule is O=S1(=O)CCN(C2CCN(c3cccc4nncn34)CC2)CC1. The Bertz CT molecular complexity index is 781. The molecule has 0 saturated carbocycles. The molecule has 124 valence electrons. The molecule has 0 aliphatic carbocycles. The smallest absolute Gasteiger partial charge is 0.162 e. The first-order valence-electron chi connectivity index (χ1n) is 8.11. The number of pyridine rings is 1. The van der Waals surface area contributed by atoms with Crippen molar-refractivity contribution in [1.29, 1.82) is 0 Å². The van der Waals surface area contributed by atoms with E-state index in [0.717, 1.165) is 37.4 Å². The Labute approximate surface area is 135 Å². The molecule has 2 aliphatic rings. The molecule has 0 spiro atoms. The number of piperidine rings is 1. The van der Waals surface area contributed by atoms with Gasteiger partial charge in [0.05, 0.1) is 11.5 Å². The van der Waals surface area contributed by atoms with Gasteiger partial charge in [-0.15, -0.1) is 10.2 Å². The Balaban J connectivity index is 1.42. The van der Waals surface area contributed by atoms with Crippen LogP contribution in [0.25, 0.3) is 5.65 Å². The average molecular weight is 335 g/mol. The number of hydrogen-bond donors (Lipinski definition) is 0. The van der Waals surface area contributed by atoms with E-state index in [0.29, 0.717) is 30.6 Å². The van der Waals surface area contributed by atoms with Crippen molar-refractivity contribution < 1.29 is 8.42 Å². The van der Waals surface area contributed by atoms with Crippen LogP contribution in [0, 0.1) is 0 Å². The number of hydrogen-bond acceptors (Lipinski definition) is 6. The van der Waals surface area contributed by atoms with Crippen LogP contribution in [-0.4, -0.2) is 71.6 Å². The zero-order chi connectivity index (χ0) is 15.9. The molecular weight excluding hydrogens is 314 g/mol. The second kappa shape index (κ2) is 5.76. The first-order chi connectivity index (χ1) is 11.1. The summed E-state index contributed by atoms with van der Waals surface area (Å²) in [5, 5.41) is 8.08. The van der Waals surface area contributed by atoms with Gasteiger partial charge in [-0.1, -0.05) is 6.07 Å². The van der Waals surface area contributed by atoms with E-state index in [1.165, 1.54) is 0 Å². The predicted molar refractivity (Wildman–Crippen MR) is 88.4 cm³/mol. The fourth-order valence-corrected chi connectivity index (χ4v) is 4.87. The fraction of sp³-hybridized carbons (Fsp3) is 0.600. The van der Waals surface area contributed by atoms with Gasteiger partial charge in [-0.25, -0.2) is 8.42 Å². The van der Waals surface area contributed by atoms with E-state index >= 15 is 0 Å². The molecule has 0 unspecified atom stereocenters. The van der Waals surface area contributed by atoms with Crippen molar-refractivity contribution in [2.45, 2.75) is 18.9 Å². The Kier molecular flexibility index (Phi) is 3.73. The maximum atomic E-state index is 11.6. The van der Waals surface area contributed by atoms with E-state index in [-0.39, 0.29) is 0 Å². The van der Waals surface area contributed by atoms with Crippen LogP contribution in [-0.2, 0) is 9.84 Å². The molecule has 23 heavy (non-hydrogen) atoms. The van der Waals surface area contributed by atoms with Gasteiger partial charge >= 0.3 is 0 Å². The summed E-state index contributed by atoms with van der Waals surface area (Å²) < 4.78 is 25.2. The van der Waals surface area contributed by atoms with Crippen molar-refractivity contribution in [2.24, 2.45) is 0 Å². The molecule has 8 heteroatoms. The lowest BCUT2D eigenvalue weighted by Crippen LogP contribution is -2.50. The summed E-state index contributed by atoms with van der Waals surface area (Å²) >= 11 is 0. The topological polar surface area (TPSA) is 70.8 Å². The maximum Gasteiger partial charge on any atom is 0.162 e. The highest BCUT2D eigenvalue weighted by Crippen LogP contribution is 2.24. The van der Waals surface area contributed by atoms with Gasteiger partial charge in [-0.3, -0.25) is 9.30 Å². The van der Waals surface area contributed by atoms with Crippen LogP contribution in [0.15, 0.2) is 24.5 Å². The van der Waals surface area contributed by atoms with Crippen LogP contribution in [0.5, 0.6) is 0 Å². The third-order valence-corrected chi connectivity index (χ3v) is 6.60. The van der Waals surface area contributed by atoms with Gasteiger partial charge in [-0.2, -0.15) is 0 Å². The molecule has 0 amide bonds. The quantitative estimate of drug-likeness (QED) is 0.793. The second-order valence-electron chi connectivity index (χ2n) is 6.35. The monoisotopic (exact) mass is 335 g/mol. The van der Waals surface area contributed by atoms with Gasteiger partial charge < -0.3 is 4.90 Å². The van der Waals surface area contributed by atoms with E-state index in [4.69, 9.17) is 0 Å². The lowest BCUT2D eigenvalue weighted by Gasteiger charge is -2.40. The maximum absolute atomic E-state index is 11.6. The zero-order valence-electron chi connectivity index (χ0n) is 13.0. The second-order valence-corrected chi connectivity index (χ2v) is 8.65. The summed E-state index contributed by atoms with van der Waals surface area (Å²) in [7, 11) is -2.80. The normalized spacial score (nSPS) is 23.4. The molecule has 2 aliphatic heterocycles. The molecule has 0 N–H and O–H groups in total. The van der Waals surface area contributed by atoms with Crippen LogP contribution < -0.4 is 4.90 Å². The first kappa shape index (κ1) is 14.9. The molecule has 0 atom stereocenters. The molecular formula is C15H21N5O2S. The number of nitrogens with zero attached hydrogens (tertiary/aromatic N) is 5. The third kappa shape index (κ3) is 2.92. The number of fused-ring (bicyclic) bond motifs is 1. The number of anilines is 1. The lowest BCUT2D eigenvalue weighted by atomic mass is 10.0. The number of aromatic nitrogens is 3. The summed E-state index contributed by atoms with van der Waals surface area (Å²) in [6, 6.07) is 6.57. The predicted octanol–water partition coefficient (Wildman–Crippen LogP) is 0.428. The Morgan fingerprint density at radius 1 is 1.04 bits per heavy atom. The first-order valence-corrected chi connectivity index (χ1v) is 9.93. The van der Waals surface area contributed by atoms with Crippen LogP contribution in [0.3, 0.4) is 0 Å². The summed E-state index contributed by atoms with van der Waals surface area (Å²) in [6.45, 7) is 3.33. The van der Waals surface area contributed by atoms with E-state index in [9.17, 15) is 8.42 Å². The molecule has 2 aromatic rings. The Hall–Kier alpha value is -1.67. The van der Waals surface area contributed by atoms with Crippen molar-refractivity contribution in [3.05, 3.63) is 24.5 Å². The minimum absolute atomic E-state index is 0.313. The van der Waals surface area contributed by atoms with Crippen LogP contribution >= 0.6 is 0 Å². The summed E-state index contributed by atoms with van der Waals surface area (Å²) in [4.78, 5) is 4.73. The highest BCUT2D eigenvalue weighted by atomic mass is 32.2. The number of sulfone groups is 1. The van der Waals surface area contributed by atoms with Gasteiger partial charge in [0.15, 0.2) is 15.5 Å². The van der Waals surface area contributed by atoms with Crippen LogP contribution in [0.2, 0.25) is 0 Å². The molecule has 0 bridgehead atoms. The molecule has 4 rings (SSSR count). The van der Waals surface area contributed by atoms with Gasteiger partial charge in [0.2, 0.25) is 0 Å². The largest absolute Gasteiger partial charge is 0.358 e. The highest BCUT2D eigenvalue weighted by molar-refractivity contribution is 7.91. The van der Waals surface area contributed by atoms with E-state index < -0.39 is 9.84 Å².